The number of carbonyl (C=O) groups is 2. The number of allylic oxidation sites excluding steroid dienone is 2. The Morgan fingerprint density at radius 1 is 1.12 bits per heavy atom. The average Bonchev–Trinajstić information content (AvgIpc) is 3.55. The van der Waals surface area contributed by atoms with E-state index in [4.69, 9.17) is 9.47 Å². The second-order valence-electron chi connectivity index (χ2n) is 8.47. The summed E-state index contributed by atoms with van der Waals surface area (Å²) in [6.07, 6.45) is 2.06. The largest absolute Gasteiger partial charge is 0.462 e. The predicted molar refractivity (Wildman–Crippen MR) is 118 cm³/mol. The van der Waals surface area contributed by atoms with E-state index in [0.29, 0.717) is 36.0 Å². The van der Waals surface area contributed by atoms with Crippen molar-refractivity contribution < 1.29 is 24.0 Å². The maximum absolute atomic E-state index is 13.1. The van der Waals surface area contributed by atoms with Crippen molar-refractivity contribution in [3.05, 3.63) is 62.5 Å². The number of likely N-dealkylation sites (N-methyl/N-ethyl adjacent to an activating group) is 1. The van der Waals surface area contributed by atoms with Gasteiger partial charge in [0.25, 0.3) is 5.69 Å². The molecule has 1 atom stereocenters. The van der Waals surface area contributed by atoms with Gasteiger partial charge in [0, 0.05) is 30.1 Å². The molecular weight excluding hydrogens is 414 g/mol. The minimum Gasteiger partial charge on any atom is -0.462 e. The molecule has 1 saturated carbocycles. The van der Waals surface area contributed by atoms with Gasteiger partial charge < -0.3 is 19.7 Å². The molecule has 172 valence electrons. The van der Waals surface area contributed by atoms with Gasteiger partial charge in [0.2, 0.25) is 0 Å². The molecule has 0 aromatic heterocycles. The molecular formula is C23H29N3O6. The highest BCUT2D eigenvalue weighted by atomic mass is 16.6. The Labute approximate surface area is 187 Å². The molecule has 2 aliphatic rings. The van der Waals surface area contributed by atoms with Gasteiger partial charge in [-0.1, -0.05) is 12.1 Å². The zero-order valence-electron chi connectivity index (χ0n) is 18.8. The summed E-state index contributed by atoms with van der Waals surface area (Å²) in [6.45, 7) is 4.49. The molecule has 1 unspecified atom stereocenters. The third kappa shape index (κ3) is 5.53. The van der Waals surface area contributed by atoms with Gasteiger partial charge in [-0.05, 0) is 52.3 Å². The van der Waals surface area contributed by atoms with Crippen molar-refractivity contribution in [1.82, 2.24) is 10.2 Å². The van der Waals surface area contributed by atoms with E-state index in [1.807, 2.05) is 19.0 Å². The molecule has 1 aromatic carbocycles. The highest BCUT2D eigenvalue weighted by molar-refractivity contribution is 6.00. The van der Waals surface area contributed by atoms with Crippen molar-refractivity contribution in [1.29, 1.82) is 0 Å². The number of ether oxygens (including phenoxy) is 2. The van der Waals surface area contributed by atoms with Gasteiger partial charge in [-0.3, -0.25) is 10.1 Å². The van der Waals surface area contributed by atoms with E-state index in [2.05, 4.69) is 5.32 Å². The lowest BCUT2D eigenvalue weighted by Gasteiger charge is -2.30. The fourth-order valence-electron chi connectivity index (χ4n) is 3.64. The number of dihydropyridines is 1. The second-order valence-corrected chi connectivity index (χ2v) is 8.47. The fourth-order valence-corrected chi connectivity index (χ4v) is 3.64. The third-order valence-electron chi connectivity index (χ3n) is 5.53. The van der Waals surface area contributed by atoms with E-state index in [1.54, 1.807) is 26.0 Å². The molecule has 1 heterocycles. The first kappa shape index (κ1) is 23.5. The van der Waals surface area contributed by atoms with Crippen molar-refractivity contribution in [3.8, 4) is 0 Å². The highest BCUT2D eigenvalue weighted by Crippen LogP contribution is 2.40. The molecule has 9 heteroatoms. The van der Waals surface area contributed by atoms with Crippen LogP contribution in [0.2, 0.25) is 0 Å². The van der Waals surface area contributed by atoms with E-state index < -0.39 is 22.8 Å². The number of nitrogens with one attached hydrogen (secondary N) is 1. The van der Waals surface area contributed by atoms with E-state index in [1.165, 1.54) is 12.1 Å². The normalized spacial score (nSPS) is 18.5. The topological polar surface area (TPSA) is 111 Å². The number of non-ortho nitro benzene ring substituents is 1. The van der Waals surface area contributed by atoms with Gasteiger partial charge >= 0.3 is 11.9 Å². The summed E-state index contributed by atoms with van der Waals surface area (Å²) in [4.78, 5) is 38.9. The molecule has 32 heavy (non-hydrogen) atoms. The van der Waals surface area contributed by atoms with Crippen LogP contribution in [0.5, 0.6) is 0 Å². The molecule has 0 amide bonds. The van der Waals surface area contributed by atoms with Gasteiger partial charge in [0.05, 0.1) is 28.6 Å². The van der Waals surface area contributed by atoms with Crippen LogP contribution >= 0.6 is 0 Å². The lowest BCUT2D eigenvalue weighted by Crippen LogP contribution is -2.33. The third-order valence-corrected chi connectivity index (χ3v) is 5.53. The molecule has 1 N–H and O–H groups in total. The molecule has 3 rings (SSSR count). The standard InChI is InChI=1S/C23H29N3O6/c1-14-19(22(27)31-11-10-25(3)4)21(17-6-5-7-18(12-17)26(29)30)20(15(2)24-14)23(28)32-13-16-8-9-16/h5-7,12,16,21,24H,8-11,13H2,1-4H3. The summed E-state index contributed by atoms with van der Waals surface area (Å²) in [7, 11) is 3.74. The lowest BCUT2D eigenvalue weighted by atomic mass is 9.80. The van der Waals surface area contributed by atoms with Crippen LogP contribution < -0.4 is 5.32 Å². The molecule has 1 aromatic rings. The Morgan fingerprint density at radius 3 is 2.31 bits per heavy atom. The zero-order chi connectivity index (χ0) is 23.4. The van der Waals surface area contributed by atoms with Gasteiger partial charge in [0.1, 0.15) is 6.61 Å². The second kappa shape index (κ2) is 9.95. The van der Waals surface area contributed by atoms with Crippen LogP contribution in [0.4, 0.5) is 5.69 Å². The summed E-state index contributed by atoms with van der Waals surface area (Å²) < 4.78 is 11.0. The minimum absolute atomic E-state index is 0.123. The van der Waals surface area contributed by atoms with Crippen LogP contribution in [0.1, 0.15) is 38.2 Å². The summed E-state index contributed by atoms with van der Waals surface area (Å²) in [5.74, 6) is -1.58. The molecule has 1 aliphatic heterocycles. The maximum atomic E-state index is 13.1. The van der Waals surface area contributed by atoms with Crippen molar-refractivity contribution in [2.45, 2.75) is 32.6 Å². The van der Waals surface area contributed by atoms with Crippen LogP contribution in [0, 0.1) is 16.0 Å². The van der Waals surface area contributed by atoms with E-state index >= 15 is 0 Å². The smallest absolute Gasteiger partial charge is 0.336 e. The number of nitro groups is 1. The Hall–Kier alpha value is -3.20. The van der Waals surface area contributed by atoms with Crippen LogP contribution in [0.3, 0.4) is 0 Å². The molecule has 1 fully saturated rings. The molecule has 9 nitrogen and oxygen atoms in total. The van der Waals surface area contributed by atoms with Crippen LogP contribution in [0.15, 0.2) is 46.8 Å². The number of carbonyl (C=O) groups excluding carboxylic acids is 2. The minimum atomic E-state index is -0.838. The SMILES string of the molecule is CC1=C(C(=O)OCCN(C)C)C(c2cccc([N+](=O)[O-])c2)C(C(=O)OCC2CC2)=C(C)N1. The Balaban J connectivity index is 2.00. The van der Waals surface area contributed by atoms with Gasteiger partial charge in [-0.25, -0.2) is 9.59 Å². The van der Waals surface area contributed by atoms with Crippen molar-refractivity contribution in [2.24, 2.45) is 5.92 Å². The first-order chi connectivity index (χ1) is 15.2. The first-order valence-corrected chi connectivity index (χ1v) is 10.6. The van der Waals surface area contributed by atoms with Gasteiger partial charge in [-0.2, -0.15) is 0 Å². The summed E-state index contributed by atoms with van der Waals surface area (Å²) >= 11 is 0. The summed E-state index contributed by atoms with van der Waals surface area (Å²) in [5, 5.41) is 14.5. The molecule has 1 aliphatic carbocycles. The van der Waals surface area contributed by atoms with Gasteiger partial charge in [0.15, 0.2) is 0 Å². The lowest BCUT2D eigenvalue weighted by molar-refractivity contribution is -0.384. The van der Waals surface area contributed by atoms with E-state index in [9.17, 15) is 19.7 Å². The molecule has 0 spiro atoms. The molecule has 0 radical (unpaired) electrons. The number of esters is 2. The number of rotatable bonds is 9. The van der Waals surface area contributed by atoms with Crippen molar-refractivity contribution in [3.63, 3.8) is 0 Å². The quantitative estimate of drug-likeness (QED) is 0.352. The van der Waals surface area contributed by atoms with Crippen LogP contribution in [-0.4, -0.2) is 55.6 Å². The average molecular weight is 444 g/mol. The van der Waals surface area contributed by atoms with Crippen molar-refractivity contribution in [2.75, 3.05) is 33.9 Å². The Kier molecular flexibility index (Phi) is 7.29. The van der Waals surface area contributed by atoms with Gasteiger partial charge in [-0.15, -0.1) is 0 Å². The number of nitrogens with zero attached hydrogens (tertiary/aromatic N) is 2. The van der Waals surface area contributed by atoms with Crippen LogP contribution in [-0.2, 0) is 19.1 Å². The Bertz CT molecular complexity index is 978. The number of hydrogen-bond donors (Lipinski definition) is 1. The molecule has 0 saturated heterocycles. The number of hydrogen-bond acceptors (Lipinski definition) is 8. The number of nitro benzene ring substituents is 1. The highest BCUT2D eigenvalue weighted by Gasteiger charge is 2.39. The van der Waals surface area contributed by atoms with E-state index in [0.717, 1.165) is 12.8 Å². The monoisotopic (exact) mass is 443 g/mol. The van der Waals surface area contributed by atoms with Crippen LogP contribution in [0.25, 0.3) is 0 Å². The van der Waals surface area contributed by atoms with E-state index in [-0.39, 0.29) is 23.4 Å². The first-order valence-electron chi connectivity index (χ1n) is 10.6. The zero-order valence-corrected chi connectivity index (χ0v) is 18.8. The Morgan fingerprint density at radius 2 is 1.75 bits per heavy atom. The predicted octanol–water partition coefficient (Wildman–Crippen LogP) is 2.89. The summed E-state index contributed by atoms with van der Waals surface area (Å²) in [5.41, 5.74) is 1.92. The summed E-state index contributed by atoms with van der Waals surface area (Å²) in [6, 6.07) is 5.98. The maximum Gasteiger partial charge on any atom is 0.336 e. The number of benzene rings is 1. The fraction of sp³-hybridized carbons (Fsp3) is 0.478. The van der Waals surface area contributed by atoms with Crippen molar-refractivity contribution >= 4 is 17.6 Å². The molecule has 0 bridgehead atoms.